The van der Waals surface area contributed by atoms with Gasteiger partial charge in [0.05, 0.1) is 17.9 Å². The van der Waals surface area contributed by atoms with Crippen LogP contribution in [0.2, 0.25) is 0 Å². The second kappa shape index (κ2) is 8.93. The Kier molecular flexibility index (Phi) is 6.10. The van der Waals surface area contributed by atoms with Crippen molar-refractivity contribution in [3.8, 4) is 5.75 Å². The lowest BCUT2D eigenvalue weighted by Gasteiger charge is -2.27. The van der Waals surface area contributed by atoms with Gasteiger partial charge in [0.1, 0.15) is 11.8 Å². The Hall–Kier alpha value is -2.78. The minimum Gasteiger partial charge on any atom is -0.492 e. The molecule has 0 spiro atoms. The number of carbonyl (C=O) groups excluding carboxylic acids is 1. The molecule has 30 heavy (non-hydrogen) atoms. The number of ether oxygens (including phenoxy) is 1. The number of amides is 1. The van der Waals surface area contributed by atoms with Gasteiger partial charge < -0.3 is 15.4 Å². The average Bonchev–Trinajstić information content (AvgIpc) is 3.38. The van der Waals surface area contributed by atoms with Crippen molar-refractivity contribution in [1.29, 1.82) is 0 Å². The fraction of sp³-hybridized carbons (Fsp3) is 0.286. The van der Waals surface area contributed by atoms with Gasteiger partial charge in [0.2, 0.25) is 11.1 Å². The van der Waals surface area contributed by atoms with E-state index in [1.54, 1.807) is 27.8 Å². The first-order chi connectivity index (χ1) is 14.6. The minimum atomic E-state index is -0.348. The molecule has 1 aromatic carbocycles. The molecule has 0 saturated heterocycles. The van der Waals surface area contributed by atoms with Gasteiger partial charge in [-0.05, 0) is 43.2 Å². The number of hydrogen-bond donors (Lipinski definition) is 2. The summed E-state index contributed by atoms with van der Waals surface area (Å²) in [4.78, 5) is 19.1. The number of aromatic nitrogens is 3. The molecule has 0 aliphatic carbocycles. The first-order valence-corrected chi connectivity index (χ1v) is 11.6. The van der Waals surface area contributed by atoms with E-state index >= 15 is 0 Å². The Morgan fingerprint density at radius 1 is 1.30 bits per heavy atom. The maximum atomic E-state index is 13.5. The minimum absolute atomic E-state index is 0.198. The Morgan fingerprint density at radius 2 is 2.13 bits per heavy atom. The van der Waals surface area contributed by atoms with E-state index < -0.39 is 0 Å². The standard InChI is InChI=1S/C21H23N5O2S2/c1-4-28-15-10-7-6-9-14(15)23-19(27)17-13(3)22-20-24-21(29-5-2)25-26(20)18(17)16-11-8-12-30-16/h6-12,18H,4-5H2,1-3H3,(H,23,27)(H,22,24,25). The maximum Gasteiger partial charge on any atom is 0.256 e. The Labute approximate surface area is 183 Å². The second-order valence-corrected chi connectivity index (χ2v) is 8.77. The quantitative estimate of drug-likeness (QED) is 0.514. The normalized spacial score (nSPS) is 15.5. The number of benzene rings is 1. The van der Waals surface area contributed by atoms with E-state index in [-0.39, 0.29) is 11.9 Å². The van der Waals surface area contributed by atoms with E-state index in [1.807, 2.05) is 55.6 Å². The van der Waals surface area contributed by atoms with Gasteiger partial charge in [-0.2, -0.15) is 4.98 Å². The van der Waals surface area contributed by atoms with Crippen molar-refractivity contribution in [3.05, 3.63) is 57.9 Å². The molecule has 4 rings (SSSR count). The van der Waals surface area contributed by atoms with Crippen molar-refractivity contribution >= 4 is 40.6 Å². The number of nitrogens with zero attached hydrogens (tertiary/aromatic N) is 3. The van der Waals surface area contributed by atoms with Gasteiger partial charge in [0.15, 0.2) is 0 Å². The summed E-state index contributed by atoms with van der Waals surface area (Å²) in [6, 6.07) is 11.1. The molecule has 156 valence electrons. The van der Waals surface area contributed by atoms with Crippen LogP contribution in [0.4, 0.5) is 11.6 Å². The number of rotatable bonds is 7. The highest BCUT2D eigenvalue weighted by molar-refractivity contribution is 7.99. The van der Waals surface area contributed by atoms with Crippen LogP contribution >= 0.6 is 23.1 Å². The number of para-hydroxylation sites is 2. The third-order valence-corrected chi connectivity index (χ3v) is 6.24. The highest BCUT2D eigenvalue weighted by atomic mass is 32.2. The maximum absolute atomic E-state index is 13.5. The van der Waals surface area contributed by atoms with Crippen LogP contribution in [0.25, 0.3) is 0 Å². The second-order valence-electron chi connectivity index (χ2n) is 6.56. The van der Waals surface area contributed by atoms with Gasteiger partial charge in [-0.1, -0.05) is 36.9 Å². The number of thiophene rings is 1. The van der Waals surface area contributed by atoms with Crippen LogP contribution in [0.5, 0.6) is 5.75 Å². The Bertz CT molecular complexity index is 1080. The van der Waals surface area contributed by atoms with Gasteiger partial charge in [-0.3, -0.25) is 4.79 Å². The predicted molar refractivity (Wildman–Crippen MR) is 121 cm³/mol. The molecule has 7 nitrogen and oxygen atoms in total. The molecule has 1 atom stereocenters. The molecule has 3 heterocycles. The van der Waals surface area contributed by atoms with Crippen molar-refractivity contribution in [2.75, 3.05) is 23.0 Å². The zero-order valence-corrected chi connectivity index (χ0v) is 18.6. The van der Waals surface area contributed by atoms with Crippen molar-refractivity contribution in [1.82, 2.24) is 14.8 Å². The zero-order valence-electron chi connectivity index (χ0n) is 17.0. The van der Waals surface area contributed by atoms with E-state index in [2.05, 4.69) is 27.6 Å². The summed E-state index contributed by atoms with van der Waals surface area (Å²) in [6.07, 6.45) is 0. The number of allylic oxidation sites excluding steroid dienone is 1. The summed E-state index contributed by atoms with van der Waals surface area (Å²) < 4.78 is 7.47. The number of nitrogens with one attached hydrogen (secondary N) is 2. The van der Waals surface area contributed by atoms with E-state index in [1.165, 1.54) is 0 Å². The fourth-order valence-corrected chi connectivity index (χ4v) is 4.74. The van der Waals surface area contributed by atoms with E-state index in [0.717, 1.165) is 16.3 Å². The summed E-state index contributed by atoms with van der Waals surface area (Å²) in [5, 5.41) is 13.7. The monoisotopic (exact) mass is 441 g/mol. The zero-order chi connectivity index (χ0) is 21.1. The highest BCUT2D eigenvalue weighted by Crippen LogP contribution is 2.38. The molecule has 2 N–H and O–H groups in total. The van der Waals surface area contributed by atoms with Gasteiger partial charge in [0, 0.05) is 10.6 Å². The average molecular weight is 442 g/mol. The van der Waals surface area contributed by atoms with Crippen LogP contribution in [-0.4, -0.2) is 33.0 Å². The molecule has 2 aromatic heterocycles. The predicted octanol–water partition coefficient (Wildman–Crippen LogP) is 4.78. The molecule has 0 radical (unpaired) electrons. The fourth-order valence-electron chi connectivity index (χ4n) is 3.37. The molecule has 1 aliphatic rings. The lowest BCUT2D eigenvalue weighted by Crippen LogP contribution is -2.31. The largest absolute Gasteiger partial charge is 0.492 e. The van der Waals surface area contributed by atoms with Gasteiger partial charge >= 0.3 is 0 Å². The van der Waals surface area contributed by atoms with Crippen molar-refractivity contribution in [2.24, 2.45) is 0 Å². The molecule has 1 unspecified atom stereocenters. The van der Waals surface area contributed by atoms with Crippen LogP contribution < -0.4 is 15.4 Å². The molecule has 0 saturated carbocycles. The van der Waals surface area contributed by atoms with Crippen LogP contribution in [-0.2, 0) is 4.79 Å². The third-order valence-electron chi connectivity index (χ3n) is 4.60. The van der Waals surface area contributed by atoms with E-state index in [0.29, 0.717) is 34.7 Å². The van der Waals surface area contributed by atoms with E-state index in [4.69, 9.17) is 4.74 Å². The number of thioether (sulfide) groups is 1. The molecule has 0 fully saturated rings. The van der Waals surface area contributed by atoms with Gasteiger partial charge in [-0.25, -0.2) is 4.68 Å². The molecular weight excluding hydrogens is 418 g/mol. The number of hydrogen-bond acceptors (Lipinski definition) is 7. The van der Waals surface area contributed by atoms with E-state index in [9.17, 15) is 4.79 Å². The summed E-state index contributed by atoms with van der Waals surface area (Å²) in [6.45, 7) is 6.40. The Balaban J connectivity index is 1.72. The van der Waals surface area contributed by atoms with Crippen LogP contribution in [0.1, 0.15) is 31.7 Å². The third kappa shape index (κ3) is 3.95. The summed E-state index contributed by atoms with van der Waals surface area (Å²) >= 11 is 3.17. The van der Waals surface area contributed by atoms with Crippen molar-refractivity contribution < 1.29 is 9.53 Å². The Morgan fingerprint density at radius 3 is 2.87 bits per heavy atom. The van der Waals surface area contributed by atoms with Crippen LogP contribution in [0, 0.1) is 0 Å². The summed E-state index contributed by atoms with van der Waals surface area (Å²) in [5.74, 6) is 1.97. The van der Waals surface area contributed by atoms with Crippen LogP contribution in [0.3, 0.4) is 0 Å². The molecule has 3 aromatic rings. The lowest BCUT2D eigenvalue weighted by atomic mass is 10.0. The first-order valence-electron chi connectivity index (χ1n) is 9.76. The number of carbonyl (C=O) groups is 1. The number of fused-ring (bicyclic) bond motifs is 1. The highest BCUT2D eigenvalue weighted by Gasteiger charge is 2.35. The molecular formula is C21H23N5O2S2. The molecule has 0 bridgehead atoms. The van der Waals surface area contributed by atoms with Crippen LogP contribution in [0.15, 0.2) is 58.2 Å². The van der Waals surface area contributed by atoms with Crippen molar-refractivity contribution in [3.63, 3.8) is 0 Å². The smallest absolute Gasteiger partial charge is 0.256 e. The summed E-state index contributed by atoms with van der Waals surface area (Å²) in [7, 11) is 0. The van der Waals surface area contributed by atoms with Crippen molar-refractivity contribution in [2.45, 2.75) is 32.0 Å². The molecule has 1 aliphatic heterocycles. The van der Waals surface area contributed by atoms with Gasteiger partial charge in [0.25, 0.3) is 5.91 Å². The lowest BCUT2D eigenvalue weighted by molar-refractivity contribution is -0.113. The molecule has 1 amide bonds. The van der Waals surface area contributed by atoms with Gasteiger partial charge in [-0.15, -0.1) is 16.4 Å². The summed E-state index contributed by atoms with van der Waals surface area (Å²) in [5.41, 5.74) is 2.00. The first kappa shape index (κ1) is 20.5. The molecule has 9 heteroatoms. The topological polar surface area (TPSA) is 81.1 Å². The SMILES string of the molecule is CCOc1ccccc1NC(=O)C1=C(C)Nc2nc(SCC)nn2C1c1cccs1. The number of anilines is 2.